The number of aromatic nitrogens is 3. The number of hydrogen-bond donors (Lipinski definition) is 2. The number of benzene rings is 2. The first-order valence-corrected chi connectivity index (χ1v) is 6.15. The van der Waals surface area contributed by atoms with Crippen LogP contribution in [0, 0.1) is 0 Å². The highest BCUT2D eigenvalue weighted by atomic mass is 16.1. The number of rotatable bonds is 3. The summed E-state index contributed by atoms with van der Waals surface area (Å²) in [6, 6.07) is 13.7. The first kappa shape index (κ1) is 12.1. The van der Waals surface area contributed by atoms with E-state index in [0.29, 0.717) is 11.4 Å². The van der Waals surface area contributed by atoms with E-state index >= 15 is 0 Å². The molecular formula is C15H13N4O+. The van der Waals surface area contributed by atoms with Crippen LogP contribution in [0.3, 0.4) is 0 Å². The summed E-state index contributed by atoms with van der Waals surface area (Å²) >= 11 is 0. The second-order valence-electron chi connectivity index (χ2n) is 4.36. The predicted octanol–water partition coefficient (Wildman–Crippen LogP) is 2.03. The van der Waals surface area contributed by atoms with E-state index in [1.807, 2.05) is 42.5 Å². The second kappa shape index (κ2) is 4.97. The minimum atomic E-state index is -0.276. The Morgan fingerprint density at radius 3 is 2.80 bits per heavy atom. The molecule has 2 aromatic carbocycles. The number of nitrogens with zero attached hydrogens (tertiary/aromatic N) is 1. The number of H-pyrrole nitrogens is 2. The molecule has 98 valence electrons. The summed E-state index contributed by atoms with van der Waals surface area (Å²) in [4.78, 5) is 12.2. The number of aromatic amines is 2. The fraction of sp³-hybridized carbons (Fsp3) is 0. The minimum Gasteiger partial charge on any atom is -0.280 e. The lowest BCUT2D eigenvalue weighted by Gasteiger charge is -2.08. The average Bonchev–Trinajstić information content (AvgIpc) is 2.99. The molecule has 1 heterocycles. The summed E-state index contributed by atoms with van der Waals surface area (Å²) in [6.07, 6.45) is 1.56. The number of fused-ring (bicyclic) bond motifs is 1. The molecule has 5 heteroatoms. The van der Waals surface area contributed by atoms with Crippen LogP contribution in [0.15, 0.2) is 55.2 Å². The molecule has 0 atom stereocenters. The first-order valence-electron chi connectivity index (χ1n) is 6.15. The van der Waals surface area contributed by atoms with Gasteiger partial charge < -0.3 is 0 Å². The van der Waals surface area contributed by atoms with Crippen molar-refractivity contribution in [3.63, 3.8) is 0 Å². The quantitative estimate of drug-likeness (QED) is 0.711. The largest absolute Gasteiger partial charge is 0.314 e. The SMILES string of the molecule is C=C(C(=O)Nc1c[nH+][nH]n1)c1cccc2ccccc12. The fourth-order valence-electron chi connectivity index (χ4n) is 2.09. The van der Waals surface area contributed by atoms with Crippen molar-refractivity contribution in [3.05, 3.63) is 60.8 Å². The van der Waals surface area contributed by atoms with Gasteiger partial charge in [-0.1, -0.05) is 54.3 Å². The summed E-state index contributed by atoms with van der Waals surface area (Å²) in [5.74, 6) is 0.151. The van der Waals surface area contributed by atoms with Crippen LogP contribution in [-0.4, -0.2) is 16.2 Å². The van der Waals surface area contributed by atoms with Crippen LogP contribution in [0.1, 0.15) is 5.56 Å². The summed E-state index contributed by atoms with van der Waals surface area (Å²) in [5.41, 5.74) is 1.23. The first-order chi connectivity index (χ1) is 9.75. The zero-order chi connectivity index (χ0) is 13.9. The van der Waals surface area contributed by atoms with Crippen molar-refractivity contribution in [2.45, 2.75) is 0 Å². The molecule has 0 saturated carbocycles. The van der Waals surface area contributed by atoms with Crippen LogP contribution in [0.4, 0.5) is 5.82 Å². The zero-order valence-electron chi connectivity index (χ0n) is 10.7. The monoisotopic (exact) mass is 265 g/mol. The van der Waals surface area contributed by atoms with Crippen molar-refractivity contribution < 1.29 is 9.89 Å². The zero-order valence-corrected chi connectivity index (χ0v) is 10.7. The van der Waals surface area contributed by atoms with Crippen molar-refractivity contribution >= 4 is 28.1 Å². The molecule has 1 aromatic heterocycles. The molecule has 0 aliphatic rings. The van der Waals surface area contributed by atoms with Crippen molar-refractivity contribution in [1.29, 1.82) is 0 Å². The highest BCUT2D eigenvalue weighted by Crippen LogP contribution is 2.24. The summed E-state index contributed by atoms with van der Waals surface area (Å²) in [7, 11) is 0. The third-order valence-electron chi connectivity index (χ3n) is 3.08. The van der Waals surface area contributed by atoms with E-state index in [0.717, 1.165) is 16.3 Å². The molecule has 1 amide bonds. The van der Waals surface area contributed by atoms with E-state index in [9.17, 15) is 4.79 Å². The molecule has 0 saturated heterocycles. The van der Waals surface area contributed by atoms with E-state index in [4.69, 9.17) is 0 Å². The molecule has 3 rings (SSSR count). The normalized spacial score (nSPS) is 10.4. The van der Waals surface area contributed by atoms with E-state index in [2.05, 4.69) is 27.3 Å². The lowest BCUT2D eigenvalue weighted by molar-refractivity contribution is -0.454. The van der Waals surface area contributed by atoms with E-state index in [1.165, 1.54) is 0 Å². The topological polar surface area (TPSA) is 71.9 Å². The van der Waals surface area contributed by atoms with Gasteiger partial charge in [-0.05, 0) is 16.3 Å². The molecule has 3 aromatic rings. The van der Waals surface area contributed by atoms with Crippen molar-refractivity contribution in [3.8, 4) is 0 Å². The molecule has 0 aliphatic carbocycles. The Bertz CT molecular complexity index is 772. The van der Waals surface area contributed by atoms with Crippen LogP contribution in [0.2, 0.25) is 0 Å². The molecule has 20 heavy (non-hydrogen) atoms. The van der Waals surface area contributed by atoms with Gasteiger partial charge in [-0.2, -0.15) is 5.10 Å². The highest BCUT2D eigenvalue weighted by molar-refractivity contribution is 6.26. The number of anilines is 1. The second-order valence-corrected chi connectivity index (χ2v) is 4.36. The van der Waals surface area contributed by atoms with Crippen LogP contribution in [-0.2, 0) is 4.79 Å². The van der Waals surface area contributed by atoms with E-state index < -0.39 is 0 Å². The lowest BCUT2D eigenvalue weighted by Crippen LogP contribution is -2.13. The van der Waals surface area contributed by atoms with Gasteiger partial charge in [-0.15, -0.1) is 0 Å². The molecule has 0 fully saturated rings. The minimum absolute atomic E-state index is 0.276. The standard InChI is InChI=1S/C15H12N4O/c1-10(15(20)17-14-9-16-19-18-14)12-8-4-6-11-5-2-3-7-13(11)12/h2-9H,1H2,(H2,16,17,18,19,20)/p+1. The van der Waals surface area contributed by atoms with Gasteiger partial charge in [-0.3, -0.25) is 10.1 Å². The Morgan fingerprint density at radius 1 is 1.20 bits per heavy atom. The van der Waals surface area contributed by atoms with Gasteiger partial charge in [0.15, 0.2) is 6.20 Å². The molecule has 0 spiro atoms. The molecule has 0 radical (unpaired) electrons. The van der Waals surface area contributed by atoms with Crippen molar-refractivity contribution in [2.75, 3.05) is 5.32 Å². The molecule has 0 aliphatic heterocycles. The average molecular weight is 265 g/mol. The number of hydrogen-bond acceptors (Lipinski definition) is 2. The van der Waals surface area contributed by atoms with Gasteiger partial charge in [0, 0.05) is 5.57 Å². The maximum atomic E-state index is 12.2. The van der Waals surface area contributed by atoms with Gasteiger partial charge in [0.05, 0.1) is 5.10 Å². The maximum absolute atomic E-state index is 12.2. The Labute approximate surface area is 115 Å². The molecule has 0 bridgehead atoms. The van der Waals surface area contributed by atoms with Crippen LogP contribution >= 0.6 is 0 Å². The van der Waals surface area contributed by atoms with E-state index in [1.54, 1.807) is 6.20 Å². The van der Waals surface area contributed by atoms with Crippen LogP contribution in [0.5, 0.6) is 0 Å². The van der Waals surface area contributed by atoms with Crippen LogP contribution < -0.4 is 10.4 Å². The van der Waals surface area contributed by atoms with Crippen LogP contribution in [0.25, 0.3) is 16.3 Å². The molecule has 0 unspecified atom stereocenters. The predicted molar refractivity (Wildman–Crippen MR) is 76.8 cm³/mol. The van der Waals surface area contributed by atoms with Gasteiger partial charge in [0.2, 0.25) is 0 Å². The van der Waals surface area contributed by atoms with Crippen molar-refractivity contribution in [1.82, 2.24) is 10.3 Å². The van der Waals surface area contributed by atoms with E-state index in [-0.39, 0.29) is 5.91 Å². The van der Waals surface area contributed by atoms with Gasteiger partial charge in [0.25, 0.3) is 5.91 Å². The molecule has 3 N–H and O–H groups in total. The Kier molecular flexibility index (Phi) is 3.01. The summed E-state index contributed by atoms with van der Waals surface area (Å²) < 4.78 is 0. The Hall–Kier alpha value is -2.95. The number of amides is 1. The number of carbonyl (C=O) groups is 1. The Balaban J connectivity index is 1.94. The van der Waals surface area contributed by atoms with Gasteiger partial charge in [0.1, 0.15) is 0 Å². The number of nitrogens with one attached hydrogen (secondary N) is 3. The molecule has 5 nitrogen and oxygen atoms in total. The Morgan fingerprint density at radius 2 is 2.00 bits per heavy atom. The highest BCUT2D eigenvalue weighted by Gasteiger charge is 2.15. The smallest absolute Gasteiger partial charge is 0.280 e. The van der Waals surface area contributed by atoms with Crippen molar-refractivity contribution in [2.24, 2.45) is 0 Å². The summed E-state index contributed by atoms with van der Waals surface area (Å²) in [6.45, 7) is 3.90. The number of carbonyl (C=O) groups excluding carboxylic acids is 1. The maximum Gasteiger partial charge on any atom is 0.314 e. The third-order valence-corrected chi connectivity index (χ3v) is 3.08. The molecular weight excluding hydrogens is 252 g/mol. The lowest BCUT2D eigenvalue weighted by atomic mass is 9.99. The van der Waals surface area contributed by atoms with Gasteiger partial charge in [-0.25, -0.2) is 0 Å². The summed E-state index contributed by atoms with van der Waals surface area (Å²) in [5, 5.41) is 13.8. The van der Waals surface area contributed by atoms with Gasteiger partial charge >= 0.3 is 5.82 Å². The third kappa shape index (κ3) is 2.16. The fourth-order valence-corrected chi connectivity index (χ4v) is 2.09.